The smallest absolute Gasteiger partial charge is 0.270 e. The second-order valence-corrected chi connectivity index (χ2v) is 11.1. The molecule has 0 radical (unpaired) electrons. The van der Waals surface area contributed by atoms with Crippen molar-refractivity contribution in [1.29, 1.82) is 0 Å². The zero-order valence-corrected chi connectivity index (χ0v) is 27.7. The second-order valence-electron chi connectivity index (χ2n) is 11.1. The highest BCUT2D eigenvalue weighted by Gasteiger charge is 2.11. The lowest BCUT2D eigenvalue weighted by molar-refractivity contribution is -0.385. The molecule has 0 amide bonds. The van der Waals surface area contributed by atoms with Crippen molar-refractivity contribution >= 4 is 23.9 Å². The lowest BCUT2D eigenvalue weighted by Crippen LogP contribution is -1.98. The largest absolute Gasteiger partial charge is 0.326 e. The Balaban J connectivity index is 0.000000235. The number of carbonyl (C=O) groups is 1. The third-order valence-electron chi connectivity index (χ3n) is 7.52. The molecule has 0 atom stereocenters. The van der Waals surface area contributed by atoms with Crippen molar-refractivity contribution in [2.24, 2.45) is 10.7 Å². The molecule has 6 aromatic rings. The highest BCUT2D eigenvalue weighted by atomic mass is 16.6. The molecule has 264 valence electrons. The van der Waals surface area contributed by atoms with Crippen molar-refractivity contribution in [2.75, 3.05) is 0 Å². The van der Waals surface area contributed by atoms with Crippen LogP contribution in [0.1, 0.15) is 56.7 Å². The number of aliphatic imine (C=N–C) groups is 1. The molecule has 0 spiro atoms. The molecule has 4 aromatic carbocycles. The fourth-order valence-electron chi connectivity index (χ4n) is 4.83. The number of carbonyl (C=O) groups excluding carboxylic acids is 1. The summed E-state index contributed by atoms with van der Waals surface area (Å²) in [4.78, 5) is 44.1. The summed E-state index contributed by atoms with van der Waals surface area (Å²) in [6.45, 7) is 1.18. The summed E-state index contributed by atoms with van der Waals surface area (Å²) < 4.78 is 0. The van der Waals surface area contributed by atoms with Gasteiger partial charge in [0.05, 0.1) is 16.4 Å². The van der Waals surface area contributed by atoms with Gasteiger partial charge in [0.2, 0.25) is 0 Å². The van der Waals surface area contributed by atoms with Crippen LogP contribution in [0.15, 0.2) is 151 Å². The standard InChI is InChI=1S/C20H17N3O2.C13H10N2O3.C7H9N.CH4/c24-23(25)20-7-6-18(12-16-8-10-21-11-9-16)19(13-20)15-22-14-17-4-2-1-3-5-17;16-9-12-8-13(15(17)18)2-1-11(12)7-10-3-5-14-6-4-10;8-6-7-4-2-1-3-5-7;/h1-11,13,15H,12,14H2;1-6,8-9H,7H2;1-5H,6,8H2;1H4. The van der Waals surface area contributed by atoms with Crippen LogP contribution in [0.3, 0.4) is 0 Å². The maximum absolute atomic E-state index is 11.1. The van der Waals surface area contributed by atoms with Crippen LogP contribution in [0.25, 0.3) is 0 Å². The Bertz CT molecular complexity index is 2030. The Morgan fingerprint density at radius 3 is 1.46 bits per heavy atom. The predicted molar refractivity (Wildman–Crippen MR) is 204 cm³/mol. The molecular formula is C41H40N6O5. The van der Waals surface area contributed by atoms with E-state index in [1.807, 2.05) is 84.9 Å². The molecule has 0 saturated heterocycles. The fraction of sp³-hybridized carbons (Fsp3) is 0.122. The van der Waals surface area contributed by atoms with Gasteiger partial charge in [-0.15, -0.1) is 0 Å². The van der Waals surface area contributed by atoms with Crippen LogP contribution < -0.4 is 5.73 Å². The Hall–Kier alpha value is -6.72. The van der Waals surface area contributed by atoms with E-state index >= 15 is 0 Å². The van der Waals surface area contributed by atoms with E-state index in [1.165, 1.54) is 23.8 Å². The normalized spacial score (nSPS) is 10.1. The molecule has 0 bridgehead atoms. The highest BCUT2D eigenvalue weighted by molar-refractivity contribution is 5.83. The van der Waals surface area contributed by atoms with Gasteiger partial charge in [0.1, 0.15) is 0 Å². The summed E-state index contributed by atoms with van der Waals surface area (Å²) in [7, 11) is 0. The van der Waals surface area contributed by atoms with Gasteiger partial charge in [0, 0.05) is 72.9 Å². The van der Waals surface area contributed by atoms with E-state index < -0.39 is 4.92 Å². The van der Waals surface area contributed by atoms with Crippen molar-refractivity contribution in [3.8, 4) is 0 Å². The second kappa shape index (κ2) is 21.4. The molecule has 11 heteroatoms. The number of hydrogen-bond acceptors (Lipinski definition) is 9. The van der Waals surface area contributed by atoms with Crippen molar-refractivity contribution in [1.82, 2.24) is 9.97 Å². The van der Waals surface area contributed by atoms with Crippen LogP contribution in [-0.4, -0.2) is 32.3 Å². The van der Waals surface area contributed by atoms with Gasteiger partial charge in [-0.2, -0.15) is 0 Å². The minimum Gasteiger partial charge on any atom is -0.326 e. The molecule has 11 nitrogen and oxygen atoms in total. The molecule has 0 unspecified atom stereocenters. The van der Waals surface area contributed by atoms with Crippen LogP contribution in [0.5, 0.6) is 0 Å². The van der Waals surface area contributed by atoms with Gasteiger partial charge in [-0.1, -0.05) is 80.2 Å². The molecule has 0 aliphatic heterocycles. The summed E-state index contributed by atoms with van der Waals surface area (Å²) in [5.41, 5.74) is 12.6. The molecule has 2 N–H and O–H groups in total. The number of nitrogens with two attached hydrogens (primary N) is 1. The van der Waals surface area contributed by atoms with E-state index in [-0.39, 0.29) is 23.7 Å². The molecule has 0 aliphatic carbocycles. The number of rotatable bonds is 11. The van der Waals surface area contributed by atoms with Gasteiger partial charge in [0.25, 0.3) is 11.4 Å². The number of aromatic nitrogens is 2. The average Bonchev–Trinajstić information content (AvgIpc) is 3.17. The van der Waals surface area contributed by atoms with E-state index in [9.17, 15) is 25.0 Å². The minimum absolute atomic E-state index is 0. The topological polar surface area (TPSA) is 168 Å². The van der Waals surface area contributed by atoms with Crippen LogP contribution in [0.2, 0.25) is 0 Å². The molecule has 2 heterocycles. The number of non-ortho nitro benzene ring substituents is 2. The Morgan fingerprint density at radius 2 is 1.04 bits per heavy atom. The molecule has 0 fully saturated rings. The lowest BCUT2D eigenvalue weighted by atomic mass is 10.0. The monoisotopic (exact) mass is 696 g/mol. The van der Waals surface area contributed by atoms with Gasteiger partial charge in [-0.05, 0) is 70.5 Å². The number of benzene rings is 4. The van der Waals surface area contributed by atoms with Crippen molar-refractivity contribution < 1.29 is 14.6 Å². The summed E-state index contributed by atoms with van der Waals surface area (Å²) in [5, 5.41) is 21.7. The fourth-order valence-corrected chi connectivity index (χ4v) is 4.83. The molecule has 0 aliphatic rings. The lowest BCUT2D eigenvalue weighted by Gasteiger charge is -2.06. The SMILES string of the molecule is C.NCc1ccccc1.O=Cc1cc([N+](=O)[O-])ccc1Cc1ccncc1.O=[N+]([O-])c1ccc(Cc2ccncc2)c(C=NCc2ccccc2)c1. The van der Waals surface area contributed by atoms with Crippen molar-refractivity contribution in [3.05, 3.63) is 211 Å². The number of pyridine rings is 2. The summed E-state index contributed by atoms with van der Waals surface area (Å²) >= 11 is 0. The highest BCUT2D eigenvalue weighted by Crippen LogP contribution is 2.21. The van der Waals surface area contributed by atoms with Crippen LogP contribution in [0, 0.1) is 20.2 Å². The summed E-state index contributed by atoms with van der Waals surface area (Å²) in [6, 6.07) is 36.7. The first-order valence-electron chi connectivity index (χ1n) is 15.9. The molecule has 0 saturated carbocycles. The number of aldehydes is 1. The first-order chi connectivity index (χ1) is 24.9. The Kier molecular flexibility index (Phi) is 16.3. The molecule has 52 heavy (non-hydrogen) atoms. The van der Waals surface area contributed by atoms with E-state index in [2.05, 4.69) is 15.0 Å². The first-order valence-corrected chi connectivity index (χ1v) is 15.9. The van der Waals surface area contributed by atoms with E-state index in [1.54, 1.807) is 49.2 Å². The molecule has 2 aromatic heterocycles. The van der Waals surface area contributed by atoms with E-state index in [4.69, 9.17) is 5.73 Å². The number of nitrogens with zero attached hydrogens (tertiary/aromatic N) is 5. The zero-order chi connectivity index (χ0) is 36.3. The minimum atomic E-state index is -0.511. The van der Waals surface area contributed by atoms with Crippen LogP contribution in [0.4, 0.5) is 11.4 Å². The average molecular weight is 697 g/mol. The van der Waals surface area contributed by atoms with Gasteiger partial charge in [-0.3, -0.25) is 40.0 Å². The van der Waals surface area contributed by atoms with Crippen molar-refractivity contribution in [3.63, 3.8) is 0 Å². The third-order valence-corrected chi connectivity index (χ3v) is 7.52. The summed E-state index contributed by atoms with van der Waals surface area (Å²) in [6.07, 6.45) is 10.4. The van der Waals surface area contributed by atoms with E-state index in [0.29, 0.717) is 37.8 Å². The Morgan fingerprint density at radius 1 is 0.596 bits per heavy atom. The van der Waals surface area contributed by atoms with Crippen LogP contribution >= 0.6 is 0 Å². The maximum Gasteiger partial charge on any atom is 0.270 e. The quantitative estimate of drug-likeness (QED) is 0.0610. The van der Waals surface area contributed by atoms with Gasteiger partial charge in [0.15, 0.2) is 6.29 Å². The Labute approximate surface area is 302 Å². The number of hydrogen-bond donors (Lipinski definition) is 1. The number of nitro benzene ring substituents is 2. The molecular weight excluding hydrogens is 656 g/mol. The van der Waals surface area contributed by atoms with Gasteiger partial charge >= 0.3 is 0 Å². The third kappa shape index (κ3) is 13.0. The zero-order valence-electron chi connectivity index (χ0n) is 27.7. The van der Waals surface area contributed by atoms with Crippen molar-refractivity contribution in [2.45, 2.75) is 33.4 Å². The maximum atomic E-state index is 11.1. The van der Waals surface area contributed by atoms with Gasteiger partial charge < -0.3 is 5.73 Å². The summed E-state index contributed by atoms with van der Waals surface area (Å²) in [5.74, 6) is 0. The number of nitro groups is 2. The van der Waals surface area contributed by atoms with Crippen LogP contribution in [-0.2, 0) is 25.9 Å². The van der Waals surface area contributed by atoms with E-state index in [0.717, 1.165) is 33.4 Å². The van der Waals surface area contributed by atoms with Gasteiger partial charge in [-0.25, -0.2) is 0 Å². The predicted octanol–water partition coefficient (Wildman–Crippen LogP) is 8.37. The first kappa shape index (κ1) is 39.7. The molecule has 6 rings (SSSR count).